The number of phenolic OH excluding ortho intramolecular Hbond substituents is 1. The number of rotatable bonds is 7. The topological polar surface area (TPSA) is 114 Å². The molecule has 0 unspecified atom stereocenters. The number of carbonyl (C=O) groups is 1. The predicted octanol–water partition coefficient (Wildman–Crippen LogP) is 4.12. The lowest BCUT2D eigenvalue weighted by atomic mass is 10.1. The van der Waals surface area contributed by atoms with Crippen LogP contribution in [0.15, 0.2) is 65.6 Å². The van der Waals surface area contributed by atoms with Crippen molar-refractivity contribution in [2.24, 2.45) is 0 Å². The molecule has 0 atom stereocenters. The molecule has 0 fully saturated rings. The van der Waals surface area contributed by atoms with E-state index in [-0.39, 0.29) is 33.3 Å². The van der Waals surface area contributed by atoms with E-state index in [0.29, 0.717) is 10.8 Å². The molecule has 0 saturated carbocycles. The predicted molar refractivity (Wildman–Crippen MR) is 118 cm³/mol. The highest BCUT2D eigenvalue weighted by atomic mass is 35.5. The minimum absolute atomic E-state index is 0.0937. The number of amides is 1. The zero-order valence-corrected chi connectivity index (χ0v) is 18.1. The van der Waals surface area contributed by atoms with E-state index in [1.54, 1.807) is 30.3 Å². The molecular formula is C21H19ClN2O6S. The van der Waals surface area contributed by atoms with Gasteiger partial charge in [0.25, 0.3) is 15.9 Å². The van der Waals surface area contributed by atoms with Crippen molar-refractivity contribution in [1.29, 1.82) is 0 Å². The molecule has 162 valence electrons. The van der Waals surface area contributed by atoms with Crippen molar-refractivity contribution < 1.29 is 27.8 Å². The zero-order valence-electron chi connectivity index (χ0n) is 16.5. The van der Waals surface area contributed by atoms with Crippen LogP contribution >= 0.6 is 11.6 Å². The van der Waals surface area contributed by atoms with Gasteiger partial charge in [0.1, 0.15) is 5.75 Å². The molecule has 3 N–H and O–H groups in total. The first kappa shape index (κ1) is 22.3. The Labute approximate surface area is 184 Å². The van der Waals surface area contributed by atoms with Crippen LogP contribution in [-0.4, -0.2) is 33.7 Å². The lowest BCUT2D eigenvalue weighted by molar-refractivity contribution is 0.102. The molecule has 3 rings (SSSR count). The van der Waals surface area contributed by atoms with Crippen molar-refractivity contribution in [3.05, 3.63) is 71.2 Å². The summed E-state index contributed by atoms with van der Waals surface area (Å²) in [6, 6.07) is 14.5. The van der Waals surface area contributed by atoms with E-state index in [1.165, 1.54) is 38.5 Å². The van der Waals surface area contributed by atoms with Crippen molar-refractivity contribution in [2.75, 3.05) is 24.3 Å². The van der Waals surface area contributed by atoms with Gasteiger partial charge in [0, 0.05) is 5.02 Å². The van der Waals surface area contributed by atoms with Crippen LogP contribution in [0.1, 0.15) is 10.4 Å². The largest absolute Gasteiger partial charge is 0.506 e. The maximum Gasteiger partial charge on any atom is 0.261 e. The van der Waals surface area contributed by atoms with E-state index in [2.05, 4.69) is 10.0 Å². The number of aromatic hydroxyl groups is 1. The van der Waals surface area contributed by atoms with E-state index in [9.17, 15) is 18.3 Å². The lowest BCUT2D eigenvalue weighted by Crippen LogP contribution is -2.16. The first-order valence-corrected chi connectivity index (χ1v) is 10.7. The highest BCUT2D eigenvalue weighted by Crippen LogP contribution is 2.33. The monoisotopic (exact) mass is 462 g/mol. The number of anilines is 2. The Kier molecular flexibility index (Phi) is 6.57. The number of hydrogen-bond acceptors (Lipinski definition) is 6. The van der Waals surface area contributed by atoms with E-state index < -0.39 is 15.9 Å². The number of sulfonamides is 1. The van der Waals surface area contributed by atoms with Crippen LogP contribution in [0.2, 0.25) is 5.02 Å². The Morgan fingerprint density at radius 3 is 2.42 bits per heavy atom. The number of halogens is 1. The molecule has 0 bridgehead atoms. The molecule has 8 nitrogen and oxygen atoms in total. The number of methoxy groups -OCH3 is 2. The molecule has 0 saturated heterocycles. The van der Waals surface area contributed by atoms with Crippen LogP contribution in [0.25, 0.3) is 0 Å². The third-order valence-corrected chi connectivity index (χ3v) is 5.86. The molecule has 0 aliphatic rings. The normalized spacial score (nSPS) is 10.9. The number of carbonyl (C=O) groups excluding carboxylic acids is 1. The number of phenols is 1. The van der Waals surface area contributed by atoms with Gasteiger partial charge in [-0.1, -0.05) is 23.7 Å². The Hall–Kier alpha value is -3.43. The molecule has 0 aromatic heterocycles. The second kappa shape index (κ2) is 9.15. The Balaban J connectivity index is 1.90. The van der Waals surface area contributed by atoms with Gasteiger partial charge < -0.3 is 19.9 Å². The summed E-state index contributed by atoms with van der Waals surface area (Å²) in [5.74, 6) is -0.380. The summed E-state index contributed by atoms with van der Waals surface area (Å²) in [6.07, 6.45) is 0. The van der Waals surface area contributed by atoms with Gasteiger partial charge in [-0.2, -0.15) is 0 Å². The van der Waals surface area contributed by atoms with E-state index >= 15 is 0 Å². The van der Waals surface area contributed by atoms with Crippen LogP contribution in [0.5, 0.6) is 17.2 Å². The average molecular weight is 463 g/mol. The van der Waals surface area contributed by atoms with Crippen molar-refractivity contribution in [2.45, 2.75) is 4.90 Å². The SMILES string of the molecule is COc1cccc(C(=O)Nc2cc(S(=O)(=O)Nc3cccc(Cl)c3)ccc2O)c1OC. The van der Waals surface area contributed by atoms with Crippen LogP contribution in [0.4, 0.5) is 11.4 Å². The van der Waals surface area contributed by atoms with Gasteiger partial charge in [0.05, 0.1) is 36.1 Å². The summed E-state index contributed by atoms with van der Waals surface area (Å²) in [5, 5.41) is 13.0. The third-order valence-electron chi connectivity index (χ3n) is 4.25. The Morgan fingerprint density at radius 1 is 1.00 bits per heavy atom. The molecule has 3 aromatic carbocycles. The molecule has 10 heteroatoms. The molecule has 3 aromatic rings. The highest BCUT2D eigenvalue weighted by Gasteiger charge is 2.20. The second-order valence-corrected chi connectivity index (χ2v) is 8.41. The Bertz CT molecular complexity index is 1230. The van der Waals surface area contributed by atoms with Gasteiger partial charge in [-0.15, -0.1) is 0 Å². The first-order chi connectivity index (χ1) is 14.7. The van der Waals surface area contributed by atoms with E-state index in [4.69, 9.17) is 21.1 Å². The van der Waals surface area contributed by atoms with E-state index in [0.717, 1.165) is 6.07 Å². The first-order valence-electron chi connectivity index (χ1n) is 8.89. The molecule has 0 aliphatic heterocycles. The summed E-state index contributed by atoms with van der Waals surface area (Å²) < 4.78 is 38.3. The number of ether oxygens (including phenoxy) is 2. The summed E-state index contributed by atoms with van der Waals surface area (Å²) in [5.41, 5.74) is 0.322. The Morgan fingerprint density at radius 2 is 1.74 bits per heavy atom. The molecule has 1 amide bonds. The van der Waals surface area contributed by atoms with Gasteiger partial charge in [-0.05, 0) is 48.5 Å². The van der Waals surface area contributed by atoms with Gasteiger partial charge in [-0.3, -0.25) is 9.52 Å². The smallest absolute Gasteiger partial charge is 0.261 e. The highest BCUT2D eigenvalue weighted by molar-refractivity contribution is 7.92. The van der Waals surface area contributed by atoms with Crippen molar-refractivity contribution >= 4 is 38.9 Å². The van der Waals surface area contributed by atoms with Crippen molar-refractivity contribution in [1.82, 2.24) is 0 Å². The van der Waals surface area contributed by atoms with E-state index in [1.807, 2.05) is 0 Å². The lowest BCUT2D eigenvalue weighted by Gasteiger charge is -2.14. The minimum Gasteiger partial charge on any atom is -0.506 e. The fourth-order valence-electron chi connectivity index (χ4n) is 2.80. The van der Waals surface area contributed by atoms with Crippen molar-refractivity contribution in [3.8, 4) is 17.2 Å². The van der Waals surface area contributed by atoms with Crippen molar-refractivity contribution in [3.63, 3.8) is 0 Å². The van der Waals surface area contributed by atoms with Crippen LogP contribution in [0.3, 0.4) is 0 Å². The van der Waals surface area contributed by atoms with Gasteiger partial charge >= 0.3 is 0 Å². The molecule has 0 heterocycles. The van der Waals surface area contributed by atoms with Crippen LogP contribution < -0.4 is 19.5 Å². The maximum atomic E-state index is 12.8. The number of hydrogen-bond donors (Lipinski definition) is 3. The number of nitrogens with one attached hydrogen (secondary N) is 2. The molecule has 0 radical (unpaired) electrons. The maximum absolute atomic E-state index is 12.8. The van der Waals surface area contributed by atoms with Crippen LogP contribution in [0, 0.1) is 0 Å². The van der Waals surface area contributed by atoms with Gasteiger partial charge in [0.15, 0.2) is 11.5 Å². The average Bonchev–Trinajstić information content (AvgIpc) is 2.74. The molecule has 0 aliphatic carbocycles. The summed E-state index contributed by atoms with van der Waals surface area (Å²) in [6.45, 7) is 0. The standard InChI is InChI=1S/C21H19ClN2O6S/c1-29-19-8-4-7-16(20(19)30-2)21(26)23-17-12-15(9-10-18(17)25)31(27,28)24-14-6-3-5-13(22)11-14/h3-12,24-25H,1-2H3,(H,23,26). The van der Waals surface area contributed by atoms with Crippen LogP contribution in [-0.2, 0) is 10.0 Å². The molecule has 31 heavy (non-hydrogen) atoms. The molecule has 0 spiro atoms. The fourth-order valence-corrected chi connectivity index (χ4v) is 4.07. The summed E-state index contributed by atoms with van der Waals surface area (Å²) >= 11 is 5.89. The van der Waals surface area contributed by atoms with Gasteiger partial charge in [0.2, 0.25) is 0 Å². The fraction of sp³-hybridized carbons (Fsp3) is 0.0952. The quantitative estimate of drug-likeness (QED) is 0.455. The number of benzene rings is 3. The van der Waals surface area contributed by atoms with Gasteiger partial charge in [-0.25, -0.2) is 8.42 Å². The summed E-state index contributed by atoms with van der Waals surface area (Å²) in [7, 11) is -1.18. The second-order valence-electron chi connectivity index (χ2n) is 6.29. The third kappa shape index (κ3) is 5.01. The molecular weight excluding hydrogens is 444 g/mol. The zero-order chi connectivity index (χ0) is 22.6. The summed E-state index contributed by atoms with van der Waals surface area (Å²) in [4.78, 5) is 12.6. The number of para-hydroxylation sites is 1. The minimum atomic E-state index is -4.01.